The van der Waals surface area contributed by atoms with E-state index in [1.54, 1.807) is 18.2 Å². The van der Waals surface area contributed by atoms with Crippen LogP contribution in [0.5, 0.6) is 0 Å². The van der Waals surface area contributed by atoms with Gasteiger partial charge in [-0.3, -0.25) is 0 Å². The predicted molar refractivity (Wildman–Crippen MR) is 53.4 cm³/mol. The summed E-state index contributed by atoms with van der Waals surface area (Å²) in [5.74, 6) is 0. The Morgan fingerprint density at radius 1 is 1.42 bits per heavy atom. The monoisotopic (exact) mass is 199 g/mol. The van der Waals surface area contributed by atoms with Gasteiger partial charge in [0.2, 0.25) is 0 Å². The molecule has 0 atom stereocenters. The van der Waals surface area contributed by atoms with E-state index in [2.05, 4.69) is 12.6 Å². The summed E-state index contributed by atoms with van der Waals surface area (Å²) in [5, 5.41) is 0.578. The molecule has 62 valence electrons. The first-order valence-electron chi connectivity index (χ1n) is 3.35. The van der Waals surface area contributed by atoms with Crippen LogP contribution in [-0.4, -0.2) is 0 Å². The van der Waals surface area contributed by atoms with Crippen molar-refractivity contribution in [2.75, 3.05) is 5.73 Å². The zero-order chi connectivity index (χ0) is 8.72. The van der Waals surface area contributed by atoms with Crippen molar-refractivity contribution in [3.63, 3.8) is 0 Å². The van der Waals surface area contributed by atoms with Crippen LogP contribution in [0.25, 0.3) is 10.1 Å². The Bertz CT molecular complexity index is 436. The van der Waals surface area contributed by atoms with E-state index in [4.69, 9.17) is 5.73 Å². The normalized spacial score (nSPS) is 10.8. The highest BCUT2D eigenvalue weighted by atomic mass is 32.1. The van der Waals surface area contributed by atoms with Gasteiger partial charge in [0.1, 0.15) is 0 Å². The zero-order valence-corrected chi connectivity index (χ0v) is 7.75. The van der Waals surface area contributed by atoms with Crippen LogP contribution in [0.3, 0.4) is 0 Å². The number of halogens is 1. The van der Waals surface area contributed by atoms with E-state index in [0.717, 1.165) is 21.4 Å². The fraction of sp³-hybridized carbons (Fsp3) is 0. The molecular weight excluding hydrogens is 193 g/mol. The third kappa shape index (κ3) is 1.07. The van der Waals surface area contributed by atoms with Gasteiger partial charge in [0.15, 0.2) is 5.13 Å². The number of nitrogens with two attached hydrogens (primary N) is 1. The summed E-state index contributed by atoms with van der Waals surface area (Å²) in [4.78, 5) is 0.412. The Morgan fingerprint density at radius 2 is 2.17 bits per heavy atom. The molecule has 2 aromatic rings. The highest BCUT2D eigenvalue weighted by molar-refractivity contribution is 7.80. The van der Waals surface area contributed by atoms with Gasteiger partial charge in [-0.1, -0.05) is 6.07 Å². The van der Waals surface area contributed by atoms with Gasteiger partial charge in [-0.2, -0.15) is 4.39 Å². The first kappa shape index (κ1) is 7.89. The third-order valence-electron chi connectivity index (χ3n) is 1.65. The number of hydrogen-bond donors (Lipinski definition) is 2. The quantitative estimate of drug-likeness (QED) is 0.495. The molecule has 0 bridgehead atoms. The van der Waals surface area contributed by atoms with Crippen molar-refractivity contribution < 1.29 is 4.39 Å². The van der Waals surface area contributed by atoms with E-state index in [0.29, 0.717) is 10.6 Å². The van der Waals surface area contributed by atoms with Crippen LogP contribution in [0, 0.1) is 5.13 Å². The Balaban J connectivity index is 2.87. The van der Waals surface area contributed by atoms with Gasteiger partial charge in [-0.25, -0.2) is 0 Å². The van der Waals surface area contributed by atoms with Crippen LogP contribution in [0.1, 0.15) is 0 Å². The molecule has 0 fully saturated rings. The minimum absolute atomic E-state index is 0.251. The average molecular weight is 199 g/mol. The van der Waals surface area contributed by atoms with Crippen molar-refractivity contribution >= 4 is 39.7 Å². The molecule has 0 saturated heterocycles. The predicted octanol–water partition coefficient (Wildman–Crippen LogP) is 2.91. The summed E-state index contributed by atoms with van der Waals surface area (Å²) >= 11 is 5.11. The van der Waals surface area contributed by atoms with Crippen LogP contribution in [0.2, 0.25) is 0 Å². The number of anilines is 1. The molecule has 1 aromatic carbocycles. The number of nitrogen functional groups attached to an aromatic ring is 1. The Labute approximate surface area is 78.4 Å². The summed E-state index contributed by atoms with van der Waals surface area (Å²) in [7, 11) is 0. The molecule has 0 aliphatic carbocycles. The highest BCUT2D eigenvalue weighted by Crippen LogP contribution is 2.33. The second kappa shape index (κ2) is 2.64. The number of thiophene rings is 1. The second-order valence-corrected chi connectivity index (χ2v) is 3.93. The molecule has 2 rings (SSSR count). The van der Waals surface area contributed by atoms with Crippen molar-refractivity contribution in [3.05, 3.63) is 23.3 Å². The fourth-order valence-electron chi connectivity index (χ4n) is 1.07. The van der Waals surface area contributed by atoms with E-state index in [9.17, 15) is 4.39 Å². The molecule has 0 amide bonds. The molecular formula is C8H6FNS2. The number of fused-ring (bicyclic) bond motifs is 1. The van der Waals surface area contributed by atoms with Crippen LogP contribution in [0.15, 0.2) is 23.1 Å². The van der Waals surface area contributed by atoms with E-state index < -0.39 is 0 Å². The Hall–Kier alpha value is -0.740. The number of thiol groups is 1. The van der Waals surface area contributed by atoms with Crippen molar-refractivity contribution in [2.24, 2.45) is 0 Å². The summed E-state index contributed by atoms with van der Waals surface area (Å²) in [6.45, 7) is 0. The highest BCUT2D eigenvalue weighted by Gasteiger charge is 2.07. The average Bonchev–Trinajstić information content (AvgIpc) is 2.28. The van der Waals surface area contributed by atoms with Crippen LogP contribution in [-0.2, 0) is 0 Å². The largest absolute Gasteiger partial charge is 0.399 e. The van der Waals surface area contributed by atoms with Gasteiger partial charge < -0.3 is 5.73 Å². The van der Waals surface area contributed by atoms with Crippen molar-refractivity contribution in [1.29, 1.82) is 0 Å². The van der Waals surface area contributed by atoms with Gasteiger partial charge in [0.05, 0.1) is 4.90 Å². The lowest BCUT2D eigenvalue weighted by molar-refractivity contribution is 0.636. The minimum atomic E-state index is -0.251. The van der Waals surface area contributed by atoms with Gasteiger partial charge in [0, 0.05) is 15.8 Å². The summed E-state index contributed by atoms with van der Waals surface area (Å²) in [6.07, 6.45) is 0. The van der Waals surface area contributed by atoms with Gasteiger partial charge in [-0.05, 0) is 12.1 Å². The molecule has 0 spiro atoms. The van der Waals surface area contributed by atoms with Crippen LogP contribution < -0.4 is 5.73 Å². The van der Waals surface area contributed by atoms with Gasteiger partial charge in [0.25, 0.3) is 0 Å². The van der Waals surface area contributed by atoms with E-state index >= 15 is 0 Å². The first-order chi connectivity index (χ1) is 5.68. The van der Waals surface area contributed by atoms with Gasteiger partial charge in [-0.15, -0.1) is 24.0 Å². The summed E-state index contributed by atoms with van der Waals surface area (Å²) in [6, 6.07) is 5.28. The van der Waals surface area contributed by atoms with E-state index in [-0.39, 0.29) is 5.13 Å². The molecule has 2 N–H and O–H groups in total. The molecule has 1 nitrogen and oxygen atoms in total. The number of rotatable bonds is 0. The second-order valence-electron chi connectivity index (χ2n) is 2.48. The van der Waals surface area contributed by atoms with Crippen molar-refractivity contribution in [1.82, 2.24) is 0 Å². The van der Waals surface area contributed by atoms with E-state index in [1.165, 1.54) is 0 Å². The molecule has 1 heterocycles. The van der Waals surface area contributed by atoms with Crippen LogP contribution in [0.4, 0.5) is 10.1 Å². The molecule has 0 saturated carbocycles. The first-order valence-corrected chi connectivity index (χ1v) is 4.61. The molecule has 0 aliphatic heterocycles. The molecule has 4 heteroatoms. The lowest BCUT2D eigenvalue weighted by Crippen LogP contribution is -1.81. The lowest BCUT2D eigenvalue weighted by Gasteiger charge is -1.92. The maximum Gasteiger partial charge on any atom is 0.190 e. The fourth-order valence-corrected chi connectivity index (χ4v) is 2.35. The minimum Gasteiger partial charge on any atom is -0.399 e. The van der Waals surface area contributed by atoms with Crippen LogP contribution >= 0.6 is 24.0 Å². The molecule has 1 aromatic heterocycles. The van der Waals surface area contributed by atoms with E-state index in [1.807, 2.05) is 0 Å². The molecule has 0 radical (unpaired) electrons. The SMILES string of the molecule is Nc1ccc2c(S)c(F)sc2c1. The lowest BCUT2D eigenvalue weighted by atomic mass is 10.2. The molecule has 0 aliphatic rings. The number of hydrogen-bond acceptors (Lipinski definition) is 3. The topological polar surface area (TPSA) is 26.0 Å². The third-order valence-corrected chi connectivity index (χ3v) is 3.18. The standard InChI is InChI=1S/C8H6FNS2/c9-8-7(11)5-2-1-4(10)3-6(5)12-8/h1-3,11H,10H2. The van der Waals surface area contributed by atoms with Crippen molar-refractivity contribution in [2.45, 2.75) is 4.90 Å². The maximum atomic E-state index is 13.0. The molecule has 0 unspecified atom stereocenters. The van der Waals surface area contributed by atoms with Crippen molar-refractivity contribution in [3.8, 4) is 0 Å². The van der Waals surface area contributed by atoms with Gasteiger partial charge >= 0.3 is 0 Å². The summed E-state index contributed by atoms with van der Waals surface area (Å²) < 4.78 is 13.8. The summed E-state index contributed by atoms with van der Waals surface area (Å²) in [5.41, 5.74) is 6.19. The molecule has 12 heavy (non-hydrogen) atoms. The Kier molecular flexibility index (Phi) is 1.73. The number of benzene rings is 1. The smallest absolute Gasteiger partial charge is 0.190 e. The maximum absolute atomic E-state index is 13.0. The zero-order valence-electron chi connectivity index (χ0n) is 6.04. The Morgan fingerprint density at radius 3 is 2.92 bits per heavy atom.